The molecule has 0 bridgehead atoms. The molecule has 1 aromatic carbocycles. The van der Waals surface area contributed by atoms with Crippen molar-refractivity contribution >= 4 is 11.8 Å². The van der Waals surface area contributed by atoms with E-state index in [1.807, 2.05) is 0 Å². The maximum atomic E-state index is 12.7. The summed E-state index contributed by atoms with van der Waals surface area (Å²) in [5, 5.41) is 2.61. The highest BCUT2D eigenvalue weighted by Crippen LogP contribution is 2.15. The van der Waals surface area contributed by atoms with Gasteiger partial charge in [0, 0.05) is 18.7 Å². The van der Waals surface area contributed by atoms with Gasteiger partial charge in [0.1, 0.15) is 12.0 Å². The van der Waals surface area contributed by atoms with Crippen molar-refractivity contribution in [3.05, 3.63) is 73.0 Å². The Morgan fingerprint density at radius 1 is 1.27 bits per heavy atom. The van der Waals surface area contributed by atoms with Gasteiger partial charge in [-0.15, -0.1) is 13.2 Å². The number of carbonyl (C=O) groups excluding carboxylic acids is 2. The van der Waals surface area contributed by atoms with Crippen LogP contribution >= 0.6 is 0 Å². The van der Waals surface area contributed by atoms with Crippen LogP contribution in [0.25, 0.3) is 0 Å². The largest absolute Gasteiger partial charge is 0.497 e. The van der Waals surface area contributed by atoms with E-state index < -0.39 is 0 Å². The summed E-state index contributed by atoms with van der Waals surface area (Å²) in [7, 11) is 1.56. The number of hydrogen-bond donors (Lipinski definition) is 1. The minimum absolute atomic E-state index is 0.117. The Balaban J connectivity index is 2.10. The average Bonchev–Trinajstić information content (AvgIpc) is 3.14. The second-order valence-electron chi connectivity index (χ2n) is 5.33. The van der Waals surface area contributed by atoms with Gasteiger partial charge in [-0.1, -0.05) is 12.2 Å². The second kappa shape index (κ2) is 9.22. The summed E-state index contributed by atoms with van der Waals surface area (Å²) in [5.41, 5.74) is 0.653. The monoisotopic (exact) mass is 355 g/mol. The first-order valence-electron chi connectivity index (χ1n) is 7.96. The third kappa shape index (κ3) is 4.83. The van der Waals surface area contributed by atoms with Crippen molar-refractivity contribution in [3.8, 4) is 5.75 Å². The maximum Gasteiger partial charge on any atom is 0.273 e. The third-order valence-corrected chi connectivity index (χ3v) is 3.49. The smallest absolute Gasteiger partial charge is 0.273 e. The van der Waals surface area contributed by atoms with Crippen LogP contribution in [-0.2, 0) is 6.54 Å². The number of aromatic nitrogens is 1. The third-order valence-electron chi connectivity index (χ3n) is 3.49. The molecule has 2 rings (SSSR count). The van der Waals surface area contributed by atoms with Crippen molar-refractivity contribution < 1.29 is 18.7 Å². The van der Waals surface area contributed by atoms with Crippen LogP contribution in [-0.4, -0.2) is 41.9 Å². The lowest BCUT2D eigenvalue weighted by molar-refractivity contribution is 0.0749. The highest BCUT2D eigenvalue weighted by atomic mass is 16.5. The molecule has 1 heterocycles. The van der Waals surface area contributed by atoms with Gasteiger partial charge >= 0.3 is 0 Å². The van der Waals surface area contributed by atoms with Gasteiger partial charge in [0.2, 0.25) is 5.89 Å². The fraction of sp³-hybridized carbons (Fsp3) is 0.211. The molecule has 2 amide bonds. The molecule has 26 heavy (non-hydrogen) atoms. The molecule has 136 valence electrons. The summed E-state index contributed by atoms with van der Waals surface area (Å²) >= 11 is 0. The van der Waals surface area contributed by atoms with Gasteiger partial charge in [-0.25, -0.2) is 4.98 Å². The number of rotatable bonds is 9. The predicted molar refractivity (Wildman–Crippen MR) is 97.0 cm³/mol. The minimum atomic E-state index is -0.364. The molecule has 0 unspecified atom stereocenters. The lowest BCUT2D eigenvalue weighted by Crippen LogP contribution is -2.31. The standard InChI is InChI=1S/C19H21N3O4/c1-4-10-20-18(23)16-13-26-17(21-16)12-22(11-5-2)19(24)14-6-8-15(25-3)9-7-14/h4-9,13H,1-2,10-12H2,3H3,(H,20,23). The lowest BCUT2D eigenvalue weighted by atomic mass is 10.2. The molecule has 0 radical (unpaired) electrons. The van der Waals surface area contributed by atoms with E-state index in [-0.39, 0.29) is 29.9 Å². The number of hydrogen-bond acceptors (Lipinski definition) is 5. The number of nitrogens with zero attached hydrogens (tertiary/aromatic N) is 2. The SMILES string of the molecule is C=CCNC(=O)c1coc(CN(CC=C)C(=O)c2ccc(OC)cc2)n1. The van der Waals surface area contributed by atoms with E-state index in [0.717, 1.165) is 0 Å². The first kappa shape index (κ1) is 19.0. The predicted octanol–water partition coefficient (Wildman–Crippen LogP) is 2.43. The highest BCUT2D eigenvalue weighted by Gasteiger charge is 2.19. The van der Waals surface area contributed by atoms with Crippen molar-refractivity contribution in [2.75, 3.05) is 20.2 Å². The van der Waals surface area contributed by atoms with Crippen LogP contribution in [0.2, 0.25) is 0 Å². The maximum absolute atomic E-state index is 12.7. The van der Waals surface area contributed by atoms with Crippen molar-refractivity contribution in [1.82, 2.24) is 15.2 Å². The molecule has 7 heteroatoms. The van der Waals surface area contributed by atoms with Crippen LogP contribution in [0, 0.1) is 0 Å². The number of nitrogens with one attached hydrogen (secondary N) is 1. The van der Waals surface area contributed by atoms with E-state index in [1.165, 1.54) is 11.2 Å². The van der Waals surface area contributed by atoms with Crippen molar-refractivity contribution in [3.63, 3.8) is 0 Å². The summed E-state index contributed by atoms with van der Waals surface area (Å²) in [5.74, 6) is 0.359. The Morgan fingerprint density at radius 2 is 2.00 bits per heavy atom. The first-order chi connectivity index (χ1) is 12.6. The Morgan fingerprint density at radius 3 is 2.62 bits per heavy atom. The Hall–Kier alpha value is -3.35. The van der Waals surface area contributed by atoms with Crippen LogP contribution in [0.15, 0.2) is 60.3 Å². The molecule has 7 nitrogen and oxygen atoms in total. The summed E-state index contributed by atoms with van der Waals surface area (Å²) in [6.45, 7) is 7.97. The number of ether oxygens (including phenoxy) is 1. The quantitative estimate of drug-likeness (QED) is 0.698. The van der Waals surface area contributed by atoms with Gasteiger partial charge in [0.25, 0.3) is 11.8 Å². The van der Waals surface area contributed by atoms with Crippen LogP contribution in [0.1, 0.15) is 26.7 Å². The van der Waals surface area contributed by atoms with E-state index in [1.54, 1.807) is 43.5 Å². The zero-order valence-corrected chi connectivity index (χ0v) is 14.6. The van der Waals surface area contributed by atoms with E-state index in [9.17, 15) is 9.59 Å². The molecule has 0 fully saturated rings. The highest BCUT2D eigenvalue weighted by molar-refractivity contribution is 5.94. The number of carbonyl (C=O) groups is 2. The lowest BCUT2D eigenvalue weighted by Gasteiger charge is -2.19. The van der Waals surface area contributed by atoms with E-state index in [4.69, 9.17) is 9.15 Å². The average molecular weight is 355 g/mol. The number of oxazole rings is 1. The van der Waals surface area contributed by atoms with Crippen molar-refractivity contribution in [2.45, 2.75) is 6.54 Å². The van der Waals surface area contributed by atoms with Gasteiger partial charge in [0.05, 0.1) is 13.7 Å². The van der Waals surface area contributed by atoms with E-state index in [0.29, 0.717) is 24.4 Å². The number of methoxy groups -OCH3 is 1. The topological polar surface area (TPSA) is 84.7 Å². The second-order valence-corrected chi connectivity index (χ2v) is 5.33. The number of benzene rings is 1. The fourth-order valence-electron chi connectivity index (χ4n) is 2.20. The van der Waals surface area contributed by atoms with Gasteiger partial charge in [-0.3, -0.25) is 9.59 Å². The number of amides is 2. The molecule has 0 atom stereocenters. The van der Waals surface area contributed by atoms with Crippen LogP contribution in [0.3, 0.4) is 0 Å². The van der Waals surface area contributed by atoms with Gasteiger partial charge in [-0.05, 0) is 24.3 Å². The van der Waals surface area contributed by atoms with Gasteiger partial charge < -0.3 is 19.4 Å². The summed E-state index contributed by atoms with van der Waals surface area (Å²) in [6, 6.07) is 6.79. The summed E-state index contributed by atoms with van der Waals surface area (Å²) in [6.07, 6.45) is 4.44. The Kier molecular flexibility index (Phi) is 6.73. The van der Waals surface area contributed by atoms with Gasteiger partial charge in [0.15, 0.2) is 5.69 Å². The molecular weight excluding hydrogens is 334 g/mol. The van der Waals surface area contributed by atoms with Crippen LogP contribution in [0.4, 0.5) is 0 Å². The molecule has 1 N–H and O–H groups in total. The molecule has 2 aromatic rings. The molecule has 1 aromatic heterocycles. The van der Waals surface area contributed by atoms with Gasteiger partial charge in [-0.2, -0.15) is 0 Å². The Bertz CT molecular complexity index is 780. The molecule has 0 aliphatic carbocycles. The minimum Gasteiger partial charge on any atom is -0.497 e. The van der Waals surface area contributed by atoms with Crippen LogP contribution in [0.5, 0.6) is 5.75 Å². The van der Waals surface area contributed by atoms with Crippen molar-refractivity contribution in [2.24, 2.45) is 0 Å². The fourth-order valence-corrected chi connectivity index (χ4v) is 2.20. The zero-order valence-electron chi connectivity index (χ0n) is 14.6. The first-order valence-corrected chi connectivity index (χ1v) is 7.96. The molecule has 0 aliphatic heterocycles. The van der Waals surface area contributed by atoms with Crippen molar-refractivity contribution in [1.29, 1.82) is 0 Å². The molecular formula is C19H21N3O4. The normalized spacial score (nSPS) is 10.0. The van der Waals surface area contributed by atoms with Crippen LogP contribution < -0.4 is 10.1 Å². The summed E-state index contributed by atoms with van der Waals surface area (Å²) < 4.78 is 10.4. The zero-order chi connectivity index (χ0) is 18.9. The molecule has 0 aliphatic rings. The summed E-state index contributed by atoms with van der Waals surface area (Å²) in [4.78, 5) is 30.2. The molecule has 0 saturated carbocycles. The Labute approximate surface area is 152 Å². The molecule has 0 spiro atoms. The van der Waals surface area contributed by atoms with E-state index in [2.05, 4.69) is 23.5 Å². The van der Waals surface area contributed by atoms with E-state index >= 15 is 0 Å². The molecule has 0 saturated heterocycles.